The molecule has 0 amide bonds. The molecule has 5 nitrogen and oxygen atoms in total. The molecule has 2 N–H and O–H groups in total. The summed E-state index contributed by atoms with van der Waals surface area (Å²) in [7, 11) is 1.69. The number of methoxy groups -OCH3 is 1. The summed E-state index contributed by atoms with van der Waals surface area (Å²) < 4.78 is 52.7. The second kappa shape index (κ2) is 6.35. The zero-order valence-electron chi connectivity index (χ0n) is 16.5. The number of anilines is 1. The quantitative estimate of drug-likeness (QED) is 0.618. The average molecular weight is 532 g/mol. The van der Waals surface area contributed by atoms with Crippen LogP contribution >= 0.6 is 0 Å². The van der Waals surface area contributed by atoms with E-state index in [9.17, 15) is 13.2 Å². The molecular formula is C22H18F3N3O2Sn. The summed E-state index contributed by atoms with van der Waals surface area (Å²) in [6.07, 6.45) is -0.495. The van der Waals surface area contributed by atoms with Crippen molar-refractivity contribution in [2.24, 2.45) is 10.7 Å². The molecule has 2 unspecified atom stereocenters. The number of dihydropyridines is 1. The van der Waals surface area contributed by atoms with Gasteiger partial charge in [-0.15, -0.1) is 0 Å². The van der Waals surface area contributed by atoms with Gasteiger partial charge in [0.25, 0.3) is 0 Å². The third-order valence-electron chi connectivity index (χ3n) is 6.66. The van der Waals surface area contributed by atoms with E-state index >= 15 is 0 Å². The molecular weight excluding hydrogens is 514 g/mol. The first-order valence-electron chi connectivity index (χ1n) is 9.90. The van der Waals surface area contributed by atoms with Crippen molar-refractivity contribution < 1.29 is 22.3 Å². The molecule has 1 aromatic heterocycles. The summed E-state index contributed by atoms with van der Waals surface area (Å²) in [5, 5.41) is 0. The topological polar surface area (TPSA) is 64.0 Å². The molecule has 4 aliphatic rings. The van der Waals surface area contributed by atoms with Crippen LogP contribution in [0.1, 0.15) is 17.1 Å². The number of benzene rings is 1. The number of hydrogen-bond donors (Lipinski definition) is 1. The van der Waals surface area contributed by atoms with Crippen LogP contribution in [0.5, 0.6) is 0 Å². The van der Waals surface area contributed by atoms with Crippen LogP contribution in [0.2, 0.25) is 0 Å². The summed E-state index contributed by atoms with van der Waals surface area (Å²) >= 11 is -2.51. The molecule has 158 valence electrons. The molecule has 4 aliphatic heterocycles. The maximum absolute atomic E-state index is 13.1. The normalized spacial score (nSPS) is 25.9. The minimum atomic E-state index is -4.50. The van der Waals surface area contributed by atoms with Crippen LogP contribution in [0, 0.1) is 0 Å². The summed E-state index contributed by atoms with van der Waals surface area (Å²) in [6.45, 7) is 0.822. The Balaban J connectivity index is 1.51. The van der Waals surface area contributed by atoms with Gasteiger partial charge in [-0.1, -0.05) is 0 Å². The van der Waals surface area contributed by atoms with Gasteiger partial charge in [0.2, 0.25) is 0 Å². The summed E-state index contributed by atoms with van der Waals surface area (Å²) in [5.41, 5.74) is 9.18. The number of para-hydroxylation sites is 1. The van der Waals surface area contributed by atoms with Crippen LogP contribution in [-0.2, 0) is 22.9 Å². The summed E-state index contributed by atoms with van der Waals surface area (Å²) in [6, 6.07) is 10.5. The Bertz CT molecular complexity index is 1260. The number of halogens is 3. The SMILES string of the molecule is CO[C]1=[Sn]2[C]3=C(C=C1)C(N)=NCC31c3ccccc3N(Cc3ccc(C(F)(F)F)o3)[CH]21. The number of ether oxygens (including phenoxy) is 1. The fourth-order valence-electron chi connectivity index (χ4n) is 5.50. The van der Waals surface area contributed by atoms with Gasteiger partial charge in [-0.05, 0) is 0 Å². The van der Waals surface area contributed by atoms with Gasteiger partial charge in [-0.25, -0.2) is 0 Å². The first-order valence-corrected chi connectivity index (χ1v) is 14.4. The molecule has 5 heterocycles. The molecule has 1 spiro atoms. The summed E-state index contributed by atoms with van der Waals surface area (Å²) in [5.74, 6) is -0.103. The van der Waals surface area contributed by atoms with E-state index in [1.807, 2.05) is 30.4 Å². The molecule has 0 aliphatic carbocycles. The van der Waals surface area contributed by atoms with Gasteiger partial charge in [0.15, 0.2) is 0 Å². The molecule has 2 aromatic rings. The van der Waals surface area contributed by atoms with Gasteiger partial charge in [0.05, 0.1) is 0 Å². The van der Waals surface area contributed by atoms with Crippen LogP contribution in [0.3, 0.4) is 0 Å². The van der Waals surface area contributed by atoms with E-state index in [4.69, 9.17) is 14.9 Å². The van der Waals surface area contributed by atoms with Gasteiger partial charge in [-0.3, -0.25) is 0 Å². The number of hydrogen-bond acceptors (Lipinski definition) is 5. The Morgan fingerprint density at radius 3 is 2.81 bits per heavy atom. The molecule has 6 rings (SSSR count). The third kappa shape index (κ3) is 2.43. The van der Waals surface area contributed by atoms with Crippen LogP contribution < -0.4 is 10.6 Å². The number of nitrogens with two attached hydrogens (primary N) is 1. The van der Waals surface area contributed by atoms with Crippen molar-refractivity contribution in [3.8, 4) is 0 Å². The van der Waals surface area contributed by atoms with E-state index in [0.29, 0.717) is 18.1 Å². The number of amidine groups is 1. The van der Waals surface area contributed by atoms with Crippen LogP contribution in [0.4, 0.5) is 18.9 Å². The van der Waals surface area contributed by atoms with E-state index in [1.165, 1.54) is 15.2 Å². The Morgan fingerprint density at radius 2 is 2.06 bits per heavy atom. The van der Waals surface area contributed by atoms with Crippen molar-refractivity contribution in [3.63, 3.8) is 0 Å². The number of furan rings is 1. The van der Waals surface area contributed by atoms with E-state index < -0.39 is 31.2 Å². The molecule has 0 radical (unpaired) electrons. The monoisotopic (exact) mass is 533 g/mol. The van der Waals surface area contributed by atoms with Gasteiger partial charge < -0.3 is 0 Å². The molecule has 0 bridgehead atoms. The predicted molar refractivity (Wildman–Crippen MR) is 112 cm³/mol. The third-order valence-corrected chi connectivity index (χ3v) is 16.7. The predicted octanol–water partition coefficient (Wildman–Crippen LogP) is 3.11. The van der Waals surface area contributed by atoms with E-state index in [1.54, 1.807) is 7.11 Å². The first kappa shape index (κ1) is 19.4. The van der Waals surface area contributed by atoms with Crippen LogP contribution in [0.25, 0.3) is 0 Å². The minimum absolute atomic E-state index is 0.147. The van der Waals surface area contributed by atoms with Crippen molar-refractivity contribution in [2.75, 3.05) is 18.6 Å². The molecule has 1 saturated heterocycles. The Kier molecular flexibility index (Phi) is 3.97. The molecule has 1 fully saturated rings. The van der Waals surface area contributed by atoms with Gasteiger partial charge >= 0.3 is 183 Å². The van der Waals surface area contributed by atoms with Gasteiger partial charge in [-0.2, -0.15) is 0 Å². The molecule has 9 heteroatoms. The molecule has 31 heavy (non-hydrogen) atoms. The fraction of sp³-hybridized carbons (Fsp3) is 0.273. The summed E-state index contributed by atoms with van der Waals surface area (Å²) in [4.78, 5) is 6.88. The van der Waals surface area contributed by atoms with Crippen molar-refractivity contribution in [2.45, 2.75) is 22.2 Å². The first-order chi connectivity index (χ1) is 14.9. The van der Waals surface area contributed by atoms with E-state index in [0.717, 1.165) is 21.0 Å². The standard InChI is InChI=1S/C22H18F3N3O2.Sn/c1-29-10-4-5-15-11-21(13-27-20(15)26)14-28(18-7-3-2-6-17(18)21)12-16-8-9-19(30-16)22(23,24)25;/h2-9,14H,12-13H2,1H3,(H2,26,27);. The van der Waals surface area contributed by atoms with E-state index in [2.05, 4.69) is 16.0 Å². The Morgan fingerprint density at radius 1 is 1.26 bits per heavy atom. The van der Waals surface area contributed by atoms with Gasteiger partial charge in [0.1, 0.15) is 0 Å². The van der Waals surface area contributed by atoms with Crippen molar-refractivity contribution in [1.29, 1.82) is 0 Å². The zero-order valence-corrected chi connectivity index (χ0v) is 19.4. The molecule has 1 aromatic carbocycles. The second-order valence-corrected chi connectivity index (χ2v) is 14.8. The number of rotatable bonds is 3. The Labute approximate surface area is 182 Å². The zero-order chi connectivity index (χ0) is 21.5. The number of aliphatic imine (C=N–C) groups is 1. The van der Waals surface area contributed by atoms with Crippen molar-refractivity contribution >= 4 is 34.5 Å². The fourth-order valence-corrected chi connectivity index (χ4v) is 16.4. The number of alkyl halides is 3. The molecule has 0 saturated carbocycles. The van der Waals surface area contributed by atoms with Gasteiger partial charge in [0, 0.05) is 0 Å². The maximum atomic E-state index is 13.1. The van der Waals surface area contributed by atoms with Crippen molar-refractivity contribution in [3.05, 3.63) is 74.8 Å². The number of nitrogens with zero attached hydrogens (tertiary/aromatic N) is 2. The Hall–Kier alpha value is -2.33. The average Bonchev–Trinajstić information content (AvgIpc) is 3.29. The van der Waals surface area contributed by atoms with Crippen LogP contribution in [0.15, 0.2) is 67.1 Å². The van der Waals surface area contributed by atoms with Crippen LogP contribution in [-0.4, -0.2) is 46.5 Å². The number of fused-ring (bicyclic) bond motifs is 2. The van der Waals surface area contributed by atoms with Crippen molar-refractivity contribution in [1.82, 2.24) is 0 Å². The van der Waals surface area contributed by atoms with E-state index in [-0.39, 0.29) is 16.0 Å². The molecule has 2 atom stereocenters. The second-order valence-electron chi connectivity index (χ2n) is 8.09.